The van der Waals surface area contributed by atoms with E-state index in [1.165, 1.54) is 4.88 Å². The van der Waals surface area contributed by atoms with Gasteiger partial charge in [0.2, 0.25) is 0 Å². The number of halogens is 1. The van der Waals surface area contributed by atoms with Gasteiger partial charge in [-0.1, -0.05) is 22.0 Å². The molecule has 0 aliphatic carbocycles. The number of benzene rings is 1. The summed E-state index contributed by atoms with van der Waals surface area (Å²) in [5.41, 5.74) is 1.57. The molecule has 0 atom stereocenters. The van der Waals surface area contributed by atoms with Crippen molar-refractivity contribution in [3.8, 4) is 6.07 Å². The average Bonchev–Trinajstić information content (AvgIpc) is 2.82. The van der Waals surface area contributed by atoms with Crippen molar-refractivity contribution < 1.29 is 0 Å². The van der Waals surface area contributed by atoms with E-state index < -0.39 is 0 Å². The third-order valence-corrected chi connectivity index (χ3v) is 3.80. The van der Waals surface area contributed by atoms with E-state index in [1.807, 2.05) is 18.2 Å². The molecule has 0 radical (unpaired) electrons. The lowest BCUT2D eigenvalue weighted by atomic mass is 10.2. The predicted octanol–water partition coefficient (Wildman–Crippen LogP) is 4.04. The Hall–Kier alpha value is -1.31. The van der Waals surface area contributed by atoms with Gasteiger partial charge in [0.25, 0.3) is 0 Å². The van der Waals surface area contributed by atoms with Crippen LogP contribution in [0.15, 0.2) is 40.2 Å². The molecule has 0 aliphatic heterocycles. The zero-order chi connectivity index (χ0) is 12.1. The van der Waals surface area contributed by atoms with Gasteiger partial charge in [-0.15, -0.1) is 11.3 Å². The third-order valence-electron chi connectivity index (χ3n) is 2.37. The Labute approximate surface area is 113 Å². The third kappa shape index (κ3) is 3.32. The highest BCUT2D eigenvalue weighted by molar-refractivity contribution is 9.10. The minimum absolute atomic E-state index is 0.680. The first-order valence-corrected chi connectivity index (χ1v) is 6.93. The minimum Gasteiger partial charge on any atom is -0.384 e. The fraction of sp³-hybridized carbons (Fsp3) is 0.154. The van der Waals surface area contributed by atoms with Gasteiger partial charge < -0.3 is 5.32 Å². The second kappa shape index (κ2) is 5.85. The second-order valence-corrected chi connectivity index (χ2v) is 5.51. The first-order valence-electron chi connectivity index (χ1n) is 5.25. The molecule has 0 saturated carbocycles. The van der Waals surface area contributed by atoms with E-state index in [2.05, 4.69) is 44.8 Å². The summed E-state index contributed by atoms with van der Waals surface area (Å²) in [4.78, 5) is 1.35. The van der Waals surface area contributed by atoms with Gasteiger partial charge in [0.05, 0.1) is 11.3 Å². The van der Waals surface area contributed by atoms with Gasteiger partial charge in [-0.25, -0.2) is 0 Å². The summed E-state index contributed by atoms with van der Waals surface area (Å²) in [6.45, 7) is 0.839. The van der Waals surface area contributed by atoms with Crippen LogP contribution < -0.4 is 5.32 Å². The Morgan fingerprint density at radius 1 is 1.35 bits per heavy atom. The highest BCUT2D eigenvalue weighted by Gasteiger charge is 2.02. The fourth-order valence-electron chi connectivity index (χ4n) is 1.54. The van der Waals surface area contributed by atoms with Gasteiger partial charge in [-0.2, -0.15) is 5.26 Å². The molecule has 1 heterocycles. The van der Waals surface area contributed by atoms with E-state index in [1.54, 1.807) is 11.3 Å². The van der Waals surface area contributed by atoms with Crippen LogP contribution in [-0.4, -0.2) is 6.54 Å². The van der Waals surface area contributed by atoms with Crippen molar-refractivity contribution in [3.63, 3.8) is 0 Å². The minimum atomic E-state index is 0.680. The molecule has 1 N–H and O–H groups in total. The van der Waals surface area contributed by atoms with E-state index in [0.717, 1.165) is 23.1 Å². The van der Waals surface area contributed by atoms with Gasteiger partial charge >= 0.3 is 0 Å². The molecule has 0 unspecified atom stereocenters. The molecule has 1 aromatic carbocycles. The van der Waals surface area contributed by atoms with Crippen LogP contribution in [-0.2, 0) is 6.42 Å². The van der Waals surface area contributed by atoms with Crippen LogP contribution in [0.4, 0.5) is 5.69 Å². The van der Waals surface area contributed by atoms with E-state index in [9.17, 15) is 0 Å². The van der Waals surface area contributed by atoms with Crippen molar-refractivity contribution in [2.45, 2.75) is 6.42 Å². The van der Waals surface area contributed by atoms with Crippen LogP contribution >= 0.6 is 27.3 Å². The summed E-state index contributed by atoms with van der Waals surface area (Å²) >= 11 is 5.17. The van der Waals surface area contributed by atoms with E-state index >= 15 is 0 Å². The maximum Gasteiger partial charge on any atom is 0.101 e. The Bertz CT molecular complexity index is 529. The number of hydrogen-bond acceptors (Lipinski definition) is 3. The Morgan fingerprint density at radius 3 is 2.94 bits per heavy atom. The van der Waals surface area contributed by atoms with Crippen LogP contribution in [0.2, 0.25) is 0 Å². The fourth-order valence-corrected chi connectivity index (χ4v) is 2.61. The lowest BCUT2D eigenvalue weighted by Gasteiger charge is -2.07. The lowest BCUT2D eigenvalue weighted by molar-refractivity contribution is 1.04. The molecule has 2 rings (SSSR count). The molecule has 0 bridgehead atoms. The smallest absolute Gasteiger partial charge is 0.101 e. The molecule has 86 valence electrons. The number of hydrogen-bond donors (Lipinski definition) is 1. The van der Waals surface area contributed by atoms with E-state index in [0.29, 0.717) is 5.56 Å². The number of nitrogens with one attached hydrogen (secondary N) is 1. The van der Waals surface area contributed by atoms with Crippen LogP contribution in [0.3, 0.4) is 0 Å². The molecular weight excluding hydrogens is 296 g/mol. The summed E-state index contributed by atoms with van der Waals surface area (Å²) in [5, 5.41) is 14.4. The zero-order valence-corrected chi connectivity index (χ0v) is 11.5. The summed E-state index contributed by atoms with van der Waals surface area (Å²) in [7, 11) is 0. The van der Waals surface area contributed by atoms with Crippen molar-refractivity contribution in [1.82, 2.24) is 0 Å². The molecule has 0 amide bonds. The predicted molar refractivity (Wildman–Crippen MR) is 75.4 cm³/mol. The summed E-state index contributed by atoms with van der Waals surface area (Å²) < 4.78 is 0.982. The Kier molecular flexibility index (Phi) is 4.18. The largest absolute Gasteiger partial charge is 0.384 e. The average molecular weight is 307 g/mol. The van der Waals surface area contributed by atoms with Crippen LogP contribution in [0.25, 0.3) is 0 Å². The molecule has 2 aromatic rings. The molecule has 0 fully saturated rings. The van der Waals surface area contributed by atoms with Crippen LogP contribution in [0, 0.1) is 11.3 Å². The molecule has 0 spiro atoms. The van der Waals surface area contributed by atoms with Gasteiger partial charge in [0.15, 0.2) is 0 Å². The first kappa shape index (κ1) is 12.2. The van der Waals surface area contributed by atoms with Gasteiger partial charge in [0.1, 0.15) is 6.07 Å². The maximum absolute atomic E-state index is 8.99. The summed E-state index contributed by atoms with van der Waals surface area (Å²) in [6, 6.07) is 12.0. The topological polar surface area (TPSA) is 35.8 Å². The first-order chi connectivity index (χ1) is 8.29. The molecule has 1 aromatic heterocycles. The highest BCUT2D eigenvalue weighted by Crippen LogP contribution is 2.21. The SMILES string of the molecule is N#Cc1ccc(Br)cc1NCCc1cccs1. The monoisotopic (exact) mass is 306 g/mol. The number of anilines is 1. The van der Waals surface area contributed by atoms with Gasteiger partial charge in [0, 0.05) is 15.9 Å². The van der Waals surface area contributed by atoms with Crippen LogP contribution in [0.1, 0.15) is 10.4 Å². The standard InChI is InChI=1S/C13H11BrN2S/c14-11-4-3-10(9-15)13(8-11)16-6-5-12-2-1-7-17-12/h1-4,7-8,16H,5-6H2. The van der Waals surface area contributed by atoms with Crippen molar-refractivity contribution in [1.29, 1.82) is 5.26 Å². The van der Waals surface area contributed by atoms with Crippen molar-refractivity contribution in [2.75, 3.05) is 11.9 Å². The quantitative estimate of drug-likeness (QED) is 0.925. The van der Waals surface area contributed by atoms with Crippen LogP contribution in [0.5, 0.6) is 0 Å². The zero-order valence-electron chi connectivity index (χ0n) is 9.11. The number of rotatable bonds is 4. The highest BCUT2D eigenvalue weighted by atomic mass is 79.9. The number of thiophene rings is 1. The second-order valence-electron chi connectivity index (χ2n) is 3.56. The summed E-state index contributed by atoms with van der Waals surface area (Å²) in [5.74, 6) is 0. The number of nitriles is 1. The van der Waals surface area contributed by atoms with E-state index in [4.69, 9.17) is 5.26 Å². The van der Waals surface area contributed by atoms with Gasteiger partial charge in [-0.3, -0.25) is 0 Å². The molecular formula is C13H11BrN2S. The molecule has 4 heteroatoms. The maximum atomic E-state index is 8.99. The molecule has 17 heavy (non-hydrogen) atoms. The Morgan fingerprint density at radius 2 is 2.24 bits per heavy atom. The molecule has 2 nitrogen and oxygen atoms in total. The number of nitrogens with zero attached hydrogens (tertiary/aromatic N) is 1. The van der Waals surface area contributed by atoms with Crippen molar-refractivity contribution >= 4 is 33.0 Å². The summed E-state index contributed by atoms with van der Waals surface area (Å²) in [6.07, 6.45) is 0.981. The lowest BCUT2D eigenvalue weighted by Crippen LogP contribution is -2.05. The van der Waals surface area contributed by atoms with Gasteiger partial charge in [-0.05, 0) is 36.1 Å². The van der Waals surface area contributed by atoms with Crippen molar-refractivity contribution in [2.24, 2.45) is 0 Å². The molecule has 0 saturated heterocycles. The van der Waals surface area contributed by atoms with E-state index in [-0.39, 0.29) is 0 Å². The Balaban J connectivity index is 1.99. The molecule has 0 aliphatic rings. The van der Waals surface area contributed by atoms with Crippen molar-refractivity contribution in [3.05, 3.63) is 50.6 Å². The normalized spacial score (nSPS) is 9.88.